The van der Waals surface area contributed by atoms with Crippen LogP contribution >= 0.6 is 0 Å². The molecule has 8 atom stereocenters. The molecule has 1 heterocycles. The van der Waals surface area contributed by atoms with E-state index in [2.05, 4.69) is 16.7 Å². The molecule has 1 aliphatic rings. The maximum atomic E-state index is 13.9. The predicted molar refractivity (Wildman–Crippen MR) is 293 cm³/mol. The molecule has 1 rings (SSSR count). The smallest absolute Gasteiger partial charge is 0.226 e. The Hall–Kier alpha value is -2.59. The van der Waals surface area contributed by atoms with E-state index in [1.807, 2.05) is 145 Å². The number of unbranched alkanes of at least 4 members (excludes halogenated alkanes) is 2. The number of nitriles is 1. The second-order valence-electron chi connectivity index (χ2n) is 27.4. The van der Waals surface area contributed by atoms with Gasteiger partial charge in [0.2, 0.25) is 11.8 Å². The Balaban J connectivity index is 2.63. The van der Waals surface area contributed by atoms with E-state index in [0.29, 0.717) is 71.1 Å². The van der Waals surface area contributed by atoms with Crippen molar-refractivity contribution in [2.24, 2.45) is 39.9 Å². The van der Waals surface area contributed by atoms with Gasteiger partial charge in [-0.1, -0.05) is 55.4 Å². The topological polar surface area (TPSA) is 232 Å². The Labute approximate surface area is 454 Å². The number of rotatable bonds is 36. The number of carbonyl (C=O) groups excluding carboxylic acids is 4. The maximum absolute atomic E-state index is 13.9. The lowest BCUT2D eigenvalue weighted by atomic mass is 9.70. The van der Waals surface area contributed by atoms with Crippen LogP contribution in [0.15, 0.2) is 0 Å². The Morgan fingerprint density at radius 1 is 0.653 bits per heavy atom. The fourth-order valence-corrected chi connectivity index (χ4v) is 9.93. The minimum absolute atomic E-state index is 0.0550. The molecule has 0 aromatic carbocycles. The van der Waals surface area contributed by atoms with Crippen LogP contribution in [-0.4, -0.2) is 130 Å². The van der Waals surface area contributed by atoms with Crippen LogP contribution in [0.2, 0.25) is 0 Å². The zero-order chi connectivity index (χ0) is 58.4. The lowest BCUT2D eigenvalue weighted by molar-refractivity contribution is -0.328. The number of Topliss-reactive ketones (excluding diaryl/α,β-unsaturated/α-hetero) is 2. The zero-order valence-electron chi connectivity index (χ0n) is 51.1. The van der Waals surface area contributed by atoms with E-state index in [9.17, 15) is 39.8 Å². The molecular formula is C59H109N3O13. The van der Waals surface area contributed by atoms with Crippen molar-refractivity contribution in [2.45, 2.75) is 275 Å². The van der Waals surface area contributed by atoms with Crippen LogP contribution in [0.4, 0.5) is 0 Å². The summed E-state index contributed by atoms with van der Waals surface area (Å²) in [5.74, 6) is -1.12. The van der Waals surface area contributed by atoms with Gasteiger partial charge in [-0.15, -0.1) is 0 Å². The highest BCUT2D eigenvalue weighted by Gasteiger charge is 2.47. The highest BCUT2D eigenvalue weighted by Crippen LogP contribution is 2.41. The van der Waals surface area contributed by atoms with Crippen molar-refractivity contribution in [3.8, 4) is 6.07 Å². The molecule has 0 radical (unpaired) electrons. The third-order valence-corrected chi connectivity index (χ3v) is 15.7. The molecule has 0 saturated carbocycles. The molecule has 2 amide bonds. The van der Waals surface area contributed by atoms with Crippen molar-refractivity contribution in [1.82, 2.24) is 10.6 Å². The van der Waals surface area contributed by atoms with Gasteiger partial charge in [-0.25, -0.2) is 0 Å². The molecule has 1 fully saturated rings. The fraction of sp³-hybridized carbons (Fsp3) is 0.915. The summed E-state index contributed by atoms with van der Waals surface area (Å²) < 4.78 is 37.4. The molecule has 0 aliphatic carbocycles. The second-order valence-corrected chi connectivity index (χ2v) is 27.4. The first-order chi connectivity index (χ1) is 33.9. The van der Waals surface area contributed by atoms with Crippen LogP contribution in [0.5, 0.6) is 0 Å². The molecule has 75 heavy (non-hydrogen) atoms. The summed E-state index contributed by atoms with van der Waals surface area (Å²) in [6.45, 7) is 44.8. The summed E-state index contributed by atoms with van der Waals surface area (Å²) in [5.41, 5.74) is -5.88. The van der Waals surface area contributed by atoms with Crippen molar-refractivity contribution >= 4 is 23.4 Å². The molecule has 0 aromatic heterocycles. The number of nitrogens with one attached hydrogen (secondary N) is 2. The number of hydrogen-bond donors (Lipinski definition) is 5. The molecule has 16 heteroatoms. The van der Waals surface area contributed by atoms with Gasteiger partial charge in [0, 0.05) is 55.2 Å². The lowest BCUT2D eigenvalue weighted by Crippen LogP contribution is -2.55. The molecule has 16 nitrogen and oxygen atoms in total. The monoisotopic (exact) mass is 1070 g/mol. The first-order valence-corrected chi connectivity index (χ1v) is 27.9. The molecule has 438 valence electrons. The number of amides is 2. The van der Waals surface area contributed by atoms with Crippen molar-refractivity contribution in [3.05, 3.63) is 0 Å². The van der Waals surface area contributed by atoms with Crippen molar-refractivity contribution in [3.63, 3.8) is 0 Å². The number of ether oxygens (including phenoxy) is 6. The van der Waals surface area contributed by atoms with Crippen molar-refractivity contribution in [1.29, 1.82) is 5.26 Å². The van der Waals surface area contributed by atoms with Crippen LogP contribution in [0.1, 0.15) is 217 Å². The van der Waals surface area contributed by atoms with Gasteiger partial charge in [0.15, 0.2) is 12.6 Å². The molecule has 1 saturated heterocycles. The van der Waals surface area contributed by atoms with Crippen LogP contribution in [0, 0.1) is 51.2 Å². The van der Waals surface area contributed by atoms with Gasteiger partial charge >= 0.3 is 0 Å². The van der Waals surface area contributed by atoms with E-state index in [1.54, 1.807) is 0 Å². The van der Waals surface area contributed by atoms with Crippen molar-refractivity contribution < 1.29 is 62.9 Å². The highest BCUT2D eigenvalue weighted by molar-refractivity contribution is 5.82. The first kappa shape index (κ1) is 70.4. The normalized spacial score (nSPS) is 21.3. The Bertz CT molecular complexity index is 1850. The first-order valence-electron chi connectivity index (χ1n) is 27.9. The quantitative estimate of drug-likeness (QED) is 0.0368. The number of nitrogens with zero attached hydrogens (tertiary/aromatic N) is 1. The molecule has 0 bridgehead atoms. The average molecular weight is 1070 g/mol. The van der Waals surface area contributed by atoms with Gasteiger partial charge in [-0.2, -0.15) is 5.26 Å². The van der Waals surface area contributed by atoms with Gasteiger partial charge < -0.3 is 59.2 Å². The van der Waals surface area contributed by atoms with Gasteiger partial charge in [0.25, 0.3) is 0 Å². The molecule has 8 unspecified atom stereocenters. The van der Waals surface area contributed by atoms with Gasteiger partial charge in [0.1, 0.15) is 17.7 Å². The molecule has 5 N–H and O–H groups in total. The van der Waals surface area contributed by atoms with E-state index in [1.165, 1.54) is 6.92 Å². The van der Waals surface area contributed by atoms with Crippen molar-refractivity contribution in [2.75, 3.05) is 32.9 Å². The predicted octanol–water partition coefficient (Wildman–Crippen LogP) is 9.56. The molecule has 1 aliphatic heterocycles. The number of ketones is 2. The Kier molecular flexibility index (Phi) is 26.8. The van der Waals surface area contributed by atoms with Crippen LogP contribution in [0.3, 0.4) is 0 Å². The Morgan fingerprint density at radius 3 is 1.72 bits per heavy atom. The van der Waals surface area contributed by atoms with E-state index in [-0.39, 0.29) is 60.8 Å². The fourth-order valence-electron chi connectivity index (χ4n) is 9.93. The van der Waals surface area contributed by atoms with E-state index < -0.39 is 80.6 Å². The number of carbonyl (C=O) groups is 4. The van der Waals surface area contributed by atoms with E-state index in [4.69, 9.17) is 28.4 Å². The summed E-state index contributed by atoms with van der Waals surface area (Å²) in [4.78, 5) is 52.0. The minimum Gasteiger partial charge on any atom is -0.390 e. The summed E-state index contributed by atoms with van der Waals surface area (Å²) in [6.07, 6.45) is -0.195. The molecule has 0 aromatic rings. The second kappa shape index (κ2) is 28.5. The van der Waals surface area contributed by atoms with Gasteiger partial charge in [0.05, 0.1) is 64.4 Å². The third-order valence-electron chi connectivity index (χ3n) is 15.7. The standard InChI is InChI=1S/C59H109N3O13/c1-39(2)59(22,36-60)29-27-44(64)40(3)26-28-52(8,9)71-38-56(16,17)75-58(20,21)42(5)57(18,19)50(69)62-32-30-53(10,11)72-37-55(14,15)74-54(12,13)35-51(6,7)49(68)61-31-24-23-25-33-70-48-43(34-41(4)63)45(65)46(66)47(67)73-48/h39-40,42-43,45-48,65-67H,23-35,37-38H2,1-22H3,(H,61,68)(H,62,69). The van der Waals surface area contributed by atoms with Crippen LogP contribution in [0.25, 0.3) is 0 Å². The zero-order valence-corrected chi connectivity index (χ0v) is 51.1. The van der Waals surface area contributed by atoms with Crippen LogP contribution in [-0.2, 0) is 47.6 Å². The summed E-state index contributed by atoms with van der Waals surface area (Å²) in [5, 5.41) is 46.2. The van der Waals surface area contributed by atoms with E-state index in [0.717, 1.165) is 6.42 Å². The minimum atomic E-state index is -1.61. The Morgan fingerprint density at radius 2 is 1.19 bits per heavy atom. The molecule has 0 spiro atoms. The average Bonchev–Trinajstić information content (AvgIpc) is 3.27. The lowest BCUT2D eigenvalue weighted by Gasteiger charge is -2.46. The third kappa shape index (κ3) is 24.1. The SMILES string of the molecule is CC(=O)CC1C(OCCCCCNC(=O)C(C)(C)CC(C)(C)OC(C)(C)COC(C)(C)CCNC(=O)C(C)(C)C(C)C(C)(C)OC(C)(C)COC(C)(C)CCC(C)C(=O)CCC(C)(C#N)C(C)C)OC(O)C(O)C1O. The highest BCUT2D eigenvalue weighted by atomic mass is 16.7. The van der Waals surface area contributed by atoms with Gasteiger partial charge in [-0.05, 0) is 160 Å². The number of hydrogen-bond acceptors (Lipinski definition) is 14. The van der Waals surface area contributed by atoms with E-state index >= 15 is 0 Å². The van der Waals surface area contributed by atoms with Crippen LogP contribution < -0.4 is 10.6 Å². The summed E-state index contributed by atoms with van der Waals surface area (Å²) in [6, 6.07) is 2.41. The van der Waals surface area contributed by atoms with Gasteiger partial charge in [-0.3, -0.25) is 14.4 Å². The molecular weight excluding hydrogens is 959 g/mol. The largest absolute Gasteiger partial charge is 0.390 e. The number of aliphatic hydroxyl groups excluding tert-OH is 3. The summed E-state index contributed by atoms with van der Waals surface area (Å²) in [7, 11) is 0. The maximum Gasteiger partial charge on any atom is 0.226 e. The summed E-state index contributed by atoms with van der Waals surface area (Å²) >= 11 is 0. The number of aliphatic hydroxyl groups is 3.